The predicted octanol–water partition coefficient (Wildman–Crippen LogP) is 4.84. The van der Waals surface area contributed by atoms with Crippen molar-refractivity contribution in [2.45, 2.75) is 49.5 Å². The van der Waals surface area contributed by atoms with E-state index in [0.717, 1.165) is 76.8 Å². The van der Waals surface area contributed by atoms with Gasteiger partial charge in [0.2, 0.25) is 0 Å². The molecular weight excluding hydrogens is 486 g/mol. The molecule has 0 bridgehead atoms. The van der Waals surface area contributed by atoms with Gasteiger partial charge in [0.05, 0.1) is 35.8 Å². The summed E-state index contributed by atoms with van der Waals surface area (Å²) in [5.74, 6) is 0.887. The maximum absolute atomic E-state index is 12.4. The molecule has 2 aromatic carbocycles. The summed E-state index contributed by atoms with van der Waals surface area (Å²) >= 11 is 0. The Bertz CT molecular complexity index is 1290. The van der Waals surface area contributed by atoms with Gasteiger partial charge in [-0.1, -0.05) is 36.8 Å². The molecule has 0 spiro atoms. The first kappa shape index (κ1) is 25.7. The second kappa shape index (κ2) is 9.88. The molecule has 1 N–H and O–H groups in total. The molecular formula is C32H37N5O2. The molecule has 2 heterocycles. The van der Waals surface area contributed by atoms with Crippen LogP contribution in [0.1, 0.15) is 49.7 Å². The van der Waals surface area contributed by atoms with Crippen molar-refractivity contribution in [2.75, 3.05) is 44.7 Å². The molecule has 0 aromatic heterocycles. The van der Waals surface area contributed by atoms with E-state index < -0.39 is 5.41 Å². The average molecular weight is 524 g/mol. The lowest BCUT2D eigenvalue weighted by molar-refractivity contribution is 0.0871. The van der Waals surface area contributed by atoms with Gasteiger partial charge in [-0.3, -0.25) is 0 Å². The van der Waals surface area contributed by atoms with Gasteiger partial charge >= 0.3 is 6.09 Å². The van der Waals surface area contributed by atoms with Crippen molar-refractivity contribution in [1.82, 2.24) is 10.2 Å². The van der Waals surface area contributed by atoms with E-state index in [0.29, 0.717) is 11.5 Å². The number of nitrogens with zero attached hydrogens (tertiary/aromatic N) is 4. The van der Waals surface area contributed by atoms with E-state index in [9.17, 15) is 10.1 Å². The van der Waals surface area contributed by atoms with Crippen LogP contribution in [0.25, 0.3) is 0 Å². The zero-order valence-corrected chi connectivity index (χ0v) is 22.7. The van der Waals surface area contributed by atoms with E-state index >= 15 is 0 Å². The number of nitriles is 2. The van der Waals surface area contributed by atoms with Crippen LogP contribution in [0.4, 0.5) is 10.5 Å². The van der Waals surface area contributed by atoms with Crippen molar-refractivity contribution in [2.24, 2.45) is 17.3 Å². The largest absolute Gasteiger partial charge is 0.453 e. The topological polar surface area (TPSA) is 92.4 Å². The number of carbonyl (C=O) groups excluding carboxylic acids is 1. The molecule has 39 heavy (non-hydrogen) atoms. The highest BCUT2D eigenvalue weighted by Crippen LogP contribution is 2.76. The zero-order chi connectivity index (χ0) is 27.1. The second-order valence-electron chi connectivity index (χ2n) is 12.1. The van der Waals surface area contributed by atoms with E-state index in [1.54, 1.807) is 0 Å². The first-order chi connectivity index (χ1) is 19.0. The van der Waals surface area contributed by atoms with Gasteiger partial charge < -0.3 is 19.9 Å². The third-order valence-electron chi connectivity index (χ3n) is 10.3. The van der Waals surface area contributed by atoms with Crippen LogP contribution >= 0.6 is 0 Å². The lowest BCUT2D eigenvalue weighted by Gasteiger charge is -2.48. The molecule has 3 atom stereocenters. The molecule has 2 aliphatic heterocycles. The summed E-state index contributed by atoms with van der Waals surface area (Å²) in [6.45, 7) is 5.18. The predicted molar refractivity (Wildman–Crippen MR) is 149 cm³/mol. The quantitative estimate of drug-likeness (QED) is 0.559. The lowest BCUT2D eigenvalue weighted by atomic mass is 9.57. The number of ether oxygens (including phenoxy) is 1. The summed E-state index contributed by atoms with van der Waals surface area (Å²) in [4.78, 5) is 17.3. The number of carbonyl (C=O) groups is 1. The van der Waals surface area contributed by atoms with Crippen LogP contribution in [0.15, 0.2) is 54.6 Å². The second-order valence-corrected chi connectivity index (χ2v) is 12.1. The van der Waals surface area contributed by atoms with Crippen molar-refractivity contribution in [3.63, 3.8) is 0 Å². The Kier molecular flexibility index (Phi) is 6.52. The minimum absolute atomic E-state index is 0.243. The molecule has 1 amide bonds. The minimum atomic E-state index is -0.624. The van der Waals surface area contributed by atoms with Crippen molar-refractivity contribution >= 4 is 11.8 Å². The third-order valence-corrected chi connectivity index (χ3v) is 10.3. The maximum Gasteiger partial charge on any atom is 0.407 e. The smallest absolute Gasteiger partial charge is 0.407 e. The number of methoxy groups -OCH3 is 1. The summed E-state index contributed by atoms with van der Waals surface area (Å²) in [5.41, 5.74) is 1.79. The van der Waals surface area contributed by atoms with Crippen LogP contribution in [0, 0.1) is 39.9 Å². The fourth-order valence-electron chi connectivity index (χ4n) is 8.43. The summed E-state index contributed by atoms with van der Waals surface area (Å²) < 4.78 is 5.00. The van der Waals surface area contributed by atoms with Crippen molar-refractivity contribution in [3.8, 4) is 12.1 Å². The maximum atomic E-state index is 12.4. The number of fused-ring (bicyclic) bond motifs is 1. The van der Waals surface area contributed by atoms with Gasteiger partial charge in [0.25, 0.3) is 0 Å². The van der Waals surface area contributed by atoms with Crippen LogP contribution in [-0.2, 0) is 10.2 Å². The van der Waals surface area contributed by atoms with Crippen LogP contribution in [0.2, 0.25) is 0 Å². The Morgan fingerprint density at radius 2 is 1.79 bits per heavy atom. The standard InChI is InChI=1S/C32H37N5O2/c1-39-29(38)35-31-15-5-14-30(31,22-31)32(23-34,26-6-3-2-4-7-26)27-12-16-36(17-13-27)19-25-20-37(21-25)28-10-8-24(18-33)9-11-28/h2-4,6-11,25,27H,5,12-17,19-22H2,1H3,(H,35,38)/t30-,31+,32?/m1/s1. The highest BCUT2D eigenvalue weighted by Gasteiger charge is 2.80. The lowest BCUT2D eigenvalue weighted by Crippen LogP contribution is -2.55. The molecule has 2 aromatic rings. The van der Waals surface area contributed by atoms with Gasteiger partial charge in [0.1, 0.15) is 0 Å². The van der Waals surface area contributed by atoms with Crippen LogP contribution in [0.3, 0.4) is 0 Å². The van der Waals surface area contributed by atoms with Gasteiger partial charge in [0.15, 0.2) is 0 Å². The Labute approximate surface area is 231 Å². The minimum Gasteiger partial charge on any atom is -0.453 e. The molecule has 202 valence electrons. The number of hydrogen-bond acceptors (Lipinski definition) is 6. The monoisotopic (exact) mass is 523 g/mol. The fraction of sp³-hybridized carbons (Fsp3) is 0.531. The molecule has 2 saturated heterocycles. The average Bonchev–Trinajstić information content (AvgIpc) is 3.45. The van der Waals surface area contributed by atoms with Gasteiger partial charge in [0, 0.05) is 36.7 Å². The van der Waals surface area contributed by atoms with Crippen LogP contribution in [0.5, 0.6) is 0 Å². The summed E-state index contributed by atoms with van der Waals surface area (Å²) in [7, 11) is 1.42. The van der Waals surface area contributed by atoms with Gasteiger partial charge in [-0.25, -0.2) is 4.79 Å². The molecule has 6 rings (SSSR count). The van der Waals surface area contributed by atoms with Crippen LogP contribution in [-0.4, -0.2) is 56.4 Å². The highest BCUT2D eigenvalue weighted by molar-refractivity contribution is 5.70. The van der Waals surface area contributed by atoms with E-state index in [-0.39, 0.29) is 23.0 Å². The van der Waals surface area contributed by atoms with Gasteiger partial charge in [-0.2, -0.15) is 10.5 Å². The number of benzene rings is 2. The van der Waals surface area contributed by atoms with E-state index in [2.05, 4.69) is 51.5 Å². The van der Waals surface area contributed by atoms with Crippen molar-refractivity contribution in [1.29, 1.82) is 10.5 Å². The number of piperidine rings is 1. The van der Waals surface area contributed by atoms with Crippen molar-refractivity contribution in [3.05, 3.63) is 65.7 Å². The zero-order valence-electron chi connectivity index (χ0n) is 22.7. The van der Waals surface area contributed by atoms with E-state index in [1.165, 1.54) is 12.8 Å². The van der Waals surface area contributed by atoms with E-state index in [1.807, 2.05) is 30.3 Å². The summed E-state index contributed by atoms with van der Waals surface area (Å²) in [5, 5.41) is 23.3. The normalized spacial score (nSPS) is 28.3. The Morgan fingerprint density at radius 1 is 1.08 bits per heavy atom. The molecule has 7 heteroatoms. The van der Waals surface area contributed by atoms with Gasteiger partial charge in [-0.15, -0.1) is 0 Å². The SMILES string of the molecule is COC(=O)N[C@]12CCC[C@@]1(C(C#N)(c1ccccc1)C1CCN(CC3CN(c4ccc(C#N)cc4)C3)CC1)C2. The number of amides is 1. The fourth-order valence-corrected chi connectivity index (χ4v) is 8.43. The van der Waals surface area contributed by atoms with Crippen LogP contribution < -0.4 is 10.2 Å². The number of nitrogens with one attached hydrogen (secondary N) is 1. The first-order valence-corrected chi connectivity index (χ1v) is 14.3. The molecule has 2 saturated carbocycles. The van der Waals surface area contributed by atoms with Gasteiger partial charge in [-0.05, 0) is 80.9 Å². The number of alkyl carbamates (subject to hydrolysis) is 1. The third kappa shape index (κ3) is 4.07. The molecule has 4 aliphatic rings. The molecule has 1 unspecified atom stereocenters. The Hall–Kier alpha value is -3.55. The highest BCUT2D eigenvalue weighted by atomic mass is 16.5. The van der Waals surface area contributed by atoms with Crippen molar-refractivity contribution < 1.29 is 9.53 Å². The first-order valence-electron chi connectivity index (χ1n) is 14.3. The summed E-state index contributed by atoms with van der Waals surface area (Å²) in [6.07, 6.45) is 5.35. The molecule has 2 aliphatic carbocycles. The molecule has 7 nitrogen and oxygen atoms in total. The Balaban J connectivity index is 1.15. The number of anilines is 1. The molecule has 0 radical (unpaired) electrons. The number of hydrogen-bond donors (Lipinski definition) is 1. The summed E-state index contributed by atoms with van der Waals surface area (Å²) in [6, 6.07) is 23.4. The number of likely N-dealkylation sites (tertiary alicyclic amines) is 1. The number of rotatable bonds is 7. The van der Waals surface area contributed by atoms with E-state index in [4.69, 9.17) is 10.00 Å². The Morgan fingerprint density at radius 3 is 2.44 bits per heavy atom. The molecule has 4 fully saturated rings.